The molecule has 0 bridgehead atoms. The average molecular weight is 368 g/mol. The van der Waals surface area contributed by atoms with Gasteiger partial charge in [0.05, 0.1) is 17.8 Å². The molecule has 1 aromatic rings. The lowest BCUT2D eigenvalue weighted by Crippen LogP contribution is -2.47. The van der Waals surface area contributed by atoms with Crippen LogP contribution < -0.4 is 4.74 Å². The van der Waals surface area contributed by atoms with Crippen molar-refractivity contribution in [3.05, 3.63) is 29.8 Å². The summed E-state index contributed by atoms with van der Waals surface area (Å²) >= 11 is 0. The van der Waals surface area contributed by atoms with Crippen molar-refractivity contribution in [3.63, 3.8) is 0 Å². The van der Waals surface area contributed by atoms with Crippen LogP contribution in [0, 0.1) is 0 Å². The molecule has 0 unspecified atom stereocenters. The van der Waals surface area contributed by atoms with Crippen LogP contribution in [0.25, 0.3) is 0 Å². The zero-order valence-corrected chi connectivity index (χ0v) is 16.6. The SMILES string of the molecule is CC(C)(O)C(C)(C)OCCc1ccc(OC2CCN(CCF)CC2)cc1. The molecule has 148 valence electrons. The number of alkyl halides is 1. The van der Waals surface area contributed by atoms with E-state index in [0.29, 0.717) is 13.2 Å². The van der Waals surface area contributed by atoms with Crippen molar-refractivity contribution in [3.8, 4) is 5.75 Å². The molecule has 1 aromatic carbocycles. The number of rotatable bonds is 9. The molecule has 1 fully saturated rings. The van der Waals surface area contributed by atoms with E-state index in [1.165, 1.54) is 5.56 Å². The van der Waals surface area contributed by atoms with Crippen molar-refractivity contribution in [1.29, 1.82) is 0 Å². The second-order valence-electron chi connectivity index (χ2n) is 8.16. The summed E-state index contributed by atoms with van der Waals surface area (Å²) in [5.74, 6) is 0.885. The van der Waals surface area contributed by atoms with E-state index in [9.17, 15) is 9.50 Å². The average Bonchev–Trinajstić information content (AvgIpc) is 2.57. The second kappa shape index (κ2) is 9.16. The molecule has 0 radical (unpaired) electrons. The molecule has 1 heterocycles. The number of likely N-dealkylation sites (tertiary alicyclic amines) is 1. The largest absolute Gasteiger partial charge is 0.490 e. The Balaban J connectivity index is 1.75. The maximum Gasteiger partial charge on any atom is 0.119 e. The van der Waals surface area contributed by atoms with E-state index in [0.717, 1.165) is 38.1 Å². The van der Waals surface area contributed by atoms with Gasteiger partial charge >= 0.3 is 0 Å². The minimum Gasteiger partial charge on any atom is -0.490 e. The lowest BCUT2D eigenvalue weighted by atomic mass is 9.89. The molecule has 2 rings (SSSR count). The fourth-order valence-corrected chi connectivity index (χ4v) is 2.90. The minimum absolute atomic E-state index is 0.215. The van der Waals surface area contributed by atoms with Crippen molar-refractivity contribution in [2.24, 2.45) is 0 Å². The molecule has 1 N–H and O–H groups in total. The summed E-state index contributed by atoms with van der Waals surface area (Å²) in [5.41, 5.74) is -0.293. The van der Waals surface area contributed by atoms with Crippen molar-refractivity contribution in [2.75, 3.05) is 32.9 Å². The van der Waals surface area contributed by atoms with Gasteiger partial charge in [0.15, 0.2) is 0 Å². The Kier molecular flexibility index (Phi) is 7.44. The quantitative estimate of drug-likeness (QED) is 0.724. The van der Waals surface area contributed by atoms with Gasteiger partial charge in [0.2, 0.25) is 0 Å². The predicted molar refractivity (Wildman–Crippen MR) is 103 cm³/mol. The van der Waals surface area contributed by atoms with E-state index >= 15 is 0 Å². The predicted octanol–water partition coefficient (Wildman–Crippen LogP) is 3.61. The highest BCUT2D eigenvalue weighted by Gasteiger charge is 2.35. The van der Waals surface area contributed by atoms with Crippen LogP contribution in [0.4, 0.5) is 4.39 Å². The third-order valence-corrected chi connectivity index (χ3v) is 5.49. The van der Waals surface area contributed by atoms with Crippen LogP contribution in [0.3, 0.4) is 0 Å². The van der Waals surface area contributed by atoms with Gasteiger partial charge in [-0.3, -0.25) is 0 Å². The maximum absolute atomic E-state index is 12.4. The van der Waals surface area contributed by atoms with Gasteiger partial charge < -0.3 is 19.5 Å². The molecule has 26 heavy (non-hydrogen) atoms. The number of hydrogen-bond donors (Lipinski definition) is 1. The third kappa shape index (κ3) is 6.22. The number of halogens is 1. The summed E-state index contributed by atoms with van der Waals surface area (Å²) in [6.45, 7) is 9.97. The summed E-state index contributed by atoms with van der Waals surface area (Å²) in [6, 6.07) is 8.14. The van der Waals surface area contributed by atoms with Crippen LogP contribution in [0.1, 0.15) is 46.1 Å². The summed E-state index contributed by atoms with van der Waals surface area (Å²) in [6.07, 6.45) is 2.90. The Bertz CT molecular complexity index is 531. The van der Waals surface area contributed by atoms with Crippen LogP contribution in [-0.2, 0) is 11.2 Å². The third-order valence-electron chi connectivity index (χ3n) is 5.49. The first-order chi connectivity index (χ1) is 12.2. The number of nitrogens with zero attached hydrogens (tertiary/aromatic N) is 1. The zero-order valence-electron chi connectivity index (χ0n) is 16.6. The molecule has 0 aliphatic carbocycles. The Morgan fingerprint density at radius 1 is 1.12 bits per heavy atom. The van der Waals surface area contributed by atoms with Crippen molar-refractivity contribution in [2.45, 2.75) is 64.3 Å². The summed E-state index contributed by atoms with van der Waals surface area (Å²) in [7, 11) is 0. The number of aliphatic hydroxyl groups is 1. The first-order valence-electron chi connectivity index (χ1n) is 9.61. The molecular weight excluding hydrogens is 333 g/mol. The van der Waals surface area contributed by atoms with E-state index in [1.54, 1.807) is 13.8 Å². The first kappa shape index (κ1) is 21.1. The molecule has 4 nitrogen and oxygen atoms in total. The van der Waals surface area contributed by atoms with Gasteiger partial charge in [-0.2, -0.15) is 0 Å². The lowest BCUT2D eigenvalue weighted by Gasteiger charge is -2.37. The fraction of sp³-hybridized carbons (Fsp3) is 0.714. The summed E-state index contributed by atoms with van der Waals surface area (Å²) < 4.78 is 24.3. The Labute approximate surface area is 157 Å². The highest BCUT2D eigenvalue weighted by molar-refractivity contribution is 5.27. The number of benzene rings is 1. The topological polar surface area (TPSA) is 41.9 Å². The van der Waals surface area contributed by atoms with Crippen LogP contribution in [-0.4, -0.2) is 60.2 Å². The number of hydrogen-bond acceptors (Lipinski definition) is 4. The van der Waals surface area contributed by atoms with E-state index in [-0.39, 0.29) is 12.8 Å². The van der Waals surface area contributed by atoms with Crippen LogP contribution in [0.2, 0.25) is 0 Å². The van der Waals surface area contributed by atoms with Gasteiger partial charge in [-0.1, -0.05) is 12.1 Å². The van der Waals surface area contributed by atoms with Gasteiger partial charge in [0.25, 0.3) is 0 Å². The van der Waals surface area contributed by atoms with Crippen LogP contribution >= 0.6 is 0 Å². The van der Waals surface area contributed by atoms with E-state index in [1.807, 2.05) is 26.0 Å². The molecule has 0 amide bonds. The smallest absolute Gasteiger partial charge is 0.119 e. The Morgan fingerprint density at radius 3 is 2.27 bits per heavy atom. The van der Waals surface area contributed by atoms with Crippen molar-refractivity contribution < 1.29 is 19.0 Å². The molecule has 1 aliphatic rings. The van der Waals surface area contributed by atoms with E-state index < -0.39 is 11.2 Å². The highest BCUT2D eigenvalue weighted by atomic mass is 19.1. The van der Waals surface area contributed by atoms with Gasteiger partial charge in [-0.25, -0.2) is 4.39 Å². The fourth-order valence-electron chi connectivity index (χ4n) is 2.90. The Hall–Kier alpha value is -1.17. The number of ether oxygens (including phenoxy) is 2. The molecule has 0 aromatic heterocycles. The molecule has 5 heteroatoms. The second-order valence-corrected chi connectivity index (χ2v) is 8.16. The van der Waals surface area contributed by atoms with E-state index in [4.69, 9.17) is 9.47 Å². The lowest BCUT2D eigenvalue weighted by molar-refractivity contribution is -0.146. The number of piperidine rings is 1. The normalized spacial score (nSPS) is 17.5. The van der Waals surface area contributed by atoms with Gasteiger partial charge in [0.1, 0.15) is 18.5 Å². The molecule has 1 aliphatic heterocycles. The van der Waals surface area contributed by atoms with Crippen LogP contribution in [0.15, 0.2) is 24.3 Å². The molecule has 0 spiro atoms. The van der Waals surface area contributed by atoms with Gasteiger partial charge in [0, 0.05) is 19.6 Å². The first-order valence-corrected chi connectivity index (χ1v) is 9.61. The molecular formula is C21H34FNO3. The molecule has 1 saturated heterocycles. The van der Waals surface area contributed by atoms with Gasteiger partial charge in [-0.15, -0.1) is 0 Å². The monoisotopic (exact) mass is 367 g/mol. The zero-order chi connectivity index (χ0) is 19.2. The maximum atomic E-state index is 12.4. The molecule has 0 saturated carbocycles. The Morgan fingerprint density at radius 2 is 1.73 bits per heavy atom. The highest BCUT2D eigenvalue weighted by Crippen LogP contribution is 2.25. The van der Waals surface area contributed by atoms with Crippen LogP contribution in [0.5, 0.6) is 5.75 Å². The summed E-state index contributed by atoms with van der Waals surface area (Å²) in [5, 5.41) is 10.1. The minimum atomic E-state index is -0.884. The van der Waals surface area contributed by atoms with Crippen molar-refractivity contribution >= 4 is 0 Å². The van der Waals surface area contributed by atoms with Crippen molar-refractivity contribution in [1.82, 2.24) is 4.90 Å². The molecule has 0 atom stereocenters. The van der Waals surface area contributed by atoms with Gasteiger partial charge in [-0.05, 0) is 64.7 Å². The summed E-state index contributed by atoms with van der Waals surface area (Å²) in [4.78, 5) is 2.15. The van der Waals surface area contributed by atoms with E-state index in [2.05, 4.69) is 17.0 Å². The standard InChI is InChI=1S/C21H34FNO3/c1-20(2,24)21(3,4)25-16-11-17-5-7-18(8-6-17)26-19-9-13-23(14-10-19)15-12-22/h5-8,19,24H,9-16H2,1-4H3.